The van der Waals surface area contributed by atoms with Crippen LogP contribution in [0.25, 0.3) is 0 Å². The number of rotatable bonds is 7. The van der Waals surface area contributed by atoms with E-state index in [0.29, 0.717) is 29.4 Å². The molecular weight excluding hydrogens is 380 g/mol. The summed E-state index contributed by atoms with van der Waals surface area (Å²) in [7, 11) is -2.03. The van der Waals surface area contributed by atoms with Gasteiger partial charge in [-0.15, -0.1) is 0 Å². The van der Waals surface area contributed by atoms with Crippen LogP contribution in [0.4, 0.5) is 11.5 Å². The maximum absolute atomic E-state index is 12.5. The predicted octanol–water partition coefficient (Wildman–Crippen LogP) is 2.87. The van der Waals surface area contributed by atoms with Crippen molar-refractivity contribution >= 4 is 27.4 Å². The summed E-state index contributed by atoms with van der Waals surface area (Å²) in [5.74, 6) is 0.706. The number of hydrogen-bond acceptors (Lipinski definition) is 5. The smallest absolute Gasteiger partial charge is 0.261 e. The van der Waals surface area contributed by atoms with Crippen molar-refractivity contribution in [3.8, 4) is 5.75 Å². The van der Waals surface area contributed by atoms with Crippen LogP contribution in [0.1, 0.15) is 17.3 Å². The Balaban J connectivity index is 1.69. The summed E-state index contributed by atoms with van der Waals surface area (Å²) in [5.41, 5.74) is 0.742. The third-order valence-corrected chi connectivity index (χ3v) is 5.20. The molecule has 0 fully saturated rings. The highest BCUT2D eigenvalue weighted by molar-refractivity contribution is 7.92. The van der Waals surface area contributed by atoms with Crippen LogP contribution in [-0.2, 0) is 17.1 Å². The molecule has 0 saturated carbocycles. The van der Waals surface area contributed by atoms with Crippen molar-refractivity contribution in [2.45, 2.75) is 11.8 Å². The van der Waals surface area contributed by atoms with Gasteiger partial charge in [-0.3, -0.25) is 14.2 Å². The molecule has 9 heteroatoms. The predicted molar refractivity (Wildman–Crippen MR) is 106 cm³/mol. The van der Waals surface area contributed by atoms with E-state index in [1.54, 1.807) is 48.3 Å². The zero-order chi connectivity index (χ0) is 20.1. The molecule has 146 valence electrons. The van der Waals surface area contributed by atoms with Crippen LogP contribution >= 0.6 is 0 Å². The number of carbonyl (C=O) groups excluding carboxylic acids is 1. The monoisotopic (exact) mass is 400 g/mol. The highest BCUT2D eigenvalue weighted by Crippen LogP contribution is 2.20. The number of ether oxygens (including phenoxy) is 1. The second-order valence-electron chi connectivity index (χ2n) is 5.92. The Labute approximate surface area is 163 Å². The zero-order valence-electron chi connectivity index (χ0n) is 15.4. The van der Waals surface area contributed by atoms with Crippen LogP contribution in [0, 0.1) is 0 Å². The molecule has 0 aliphatic heterocycles. The van der Waals surface area contributed by atoms with Crippen LogP contribution in [-0.4, -0.2) is 30.7 Å². The number of amides is 1. The van der Waals surface area contributed by atoms with Crippen molar-refractivity contribution in [2.24, 2.45) is 7.05 Å². The van der Waals surface area contributed by atoms with Crippen molar-refractivity contribution in [2.75, 3.05) is 16.6 Å². The minimum atomic E-state index is -3.77. The lowest BCUT2D eigenvalue weighted by atomic mass is 10.2. The molecule has 1 amide bonds. The molecule has 2 N–H and O–H groups in total. The second-order valence-corrected chi connectivity index (χ2v) is 7.60. The molecule has 0 saturated heterocycles. The van der Waals surface area contributed by atoms with Gasteiger partial charge in [-0.05, 0) is 55.5 Å². The summed E-state index contributed by atoms with van der Waals surface area (Å²) in [6.07, 6.45) is 1.71. The van der Waals surface area contributed by atoms with Gasteiger partial charge in [0.25, 0.3) is 15.9 Å². The Hall–Kier alpha value is -3.33. The van der Waals surface area contributed by atoms with E-state index in [4.69, 9.17) is 4.74 Å². The number of benzene rings is 2. The summed E-state index contributed by atoms with van der Waals surface area (Å²) in [4.78, 5) is 12.3. The third kappa shape index (κ3) is 4.68. The number of carbonyl (C=O) groups is 1. The average molecular weight is 400 g/mol. The fourth-order valence-corrected chi connectivity index (χ4v) is 3.51. The molecule has 3 rings (SSSR count). The normalized spacial score (nSPS) is 11.1. The zero-order valence-corrected chi connectivity index (χ0v) is 16.2. The van der Waals surface area contributed by atoms with Gasteiger partial charge in [0.1, 0.15) is 5.75 Å². The molecule has 0 spiro atoms. The molecule has 3 aromatic rings. The van der Waals surface area contributed by atoms with E-state index in [1.165, 1.54) is 24.3 Å². The summed E-state index contributed by atoms with van der Waals surface area (Å²) in [5, 5.41) is 6.71. The van der Waals surface area contributed by atoms with Gasteiger partial charge >= 0.3 is 0 Å². The Kier molecular flexibility index (Phi) is 5.65. The van der Waals surface area contributed by atoms with Crippen molar-refractivity contribution in [1.29, 1.82) is 0 Å². The highest BCUT2D eigenvalue weighted by atomic mass is 32.2. The van der Waals surface area contributed by atoms with Gasteiger partial charge in [0.2, 0.25) is 0 Å². The Morgan fingerprint density at radius 3 is 2.32 bits per heavy atom. The SMILES string of the molecule is CCOc1ccc(NS(=O)(=O)c2ccc(C(=O)Nc3ccn(C)n3)cc2)cc1. The fraction of sp³-hybridized carbons (Fsp3) is 0.158. The number of sulfonamides is 1. The number of hydrogen-bond donors (Lipinski definition) is 2. The maximum Gasteiger partial charge on any atom is 0.261 e. The van der Waals surface area contributed by atoms with E-state index in [2.05, 4.69) is 15.1 Å². The number of nitrogens with zero attached hydrogens (tertiary/aromatic N) is 2. The molecule has 1 aromatic heterocycles. The minimum absolute atomic E-state index is 0.0516. The molecule has 0 aliphatic rings. The van der Waals surface area contributed by atoms with E-state index in [0.717, 1.165) is 0 Å². The largest absolute Gasteiger partial charge is 0.494 e. The Morgan fingerprint density at radius 1 is 1.07 bits per heavy atom. The van der Waals surface area contributed by atoms with Gasteiger partial charge in [-0.2, -0.15) is 5.10 Å². The van der Waals surface area contributed by atoms with Crippen molar-refractivity contribution in [3.05, 3.63) is 66.4 Å². The first-order chi connectivity index (χ1) is 13.4. The average Bonchev–Trinajstić information content (AvgIpc) is 3.08. The molecule has 0 atom stereocenters. The third-order valence-electron chi connectivity index (χ3n) is 3.80. The van der Waals surface area contributed by atoms with Crippen molar-refractivity contribution in [3.63, 3.8) is 0 Å². The standard InChI is InChI=1S/C19H20N4O4S/c1-3-27-16-8-6-15(7-9-16)22-28(25,26)17-10-4-14(5-11-17)19(24)20-18-12-13-23(2)21-18/h4-13,22H,3H2,1-2H3,(H,20,21,24). The molecule has 8 nitrogen and oxygen atoms in total. The van der Waals surface area contributed by atoms with E-state index in [9.17, 15) is 13.2 Å². The Morgan fingerprint density at radius 2 is 1.75 bits per heavy atom. The summed E-state index contributed by atoms with van der Waals surface area (Å²) < 4.78 is 34.5. The van der Waals surface area contributed by atoms with Crippen LogP contribution in [0.15, 0.2) is 65.7 Å². The van der Waals surface area contributed by atoms with E-state index < -0.39 is 10.0 Å². The molecule has 0 bridgehead atoms. The first-order valence-electron chi connectivity index (χ1n) is 8.54. The lowest BCUT2D eigenvalue weighted by molar-refractivity contribution is 0.102. The summed E-state index contributed by atoms with van der Waals surface area (Å²) in [6, 6.07) is 13.9. The number of aryl methyl sites for hydroxylation is 1. The highest BCUT2D eigenvalue weighted by Gasteiger charge is 2.16. The molecule has 0 aliphatic carbocycles. The van der Waals surface area contributed by atoms with Crippen LogP contribution in [0.5, 0.6) is 5.75 Å². The molecule has 1 heterocycles. The quantitative estimate of drug-likeness (QED) is 0.635. The van der Waals surface area contributed by atoms with E-state index in [-0.39, 0.29) is 10.8 Å². The summed E-state index contributed by atoms with van der Waals surface area (Å²) >= 11 is 0. The maximum atomic E-state index is 12.5. The van der Waals surface area contributed by atoms with Gasteiger partial charge in [-0.25, -0.2) is 8.42 Å². The molecule has 2 aromatic carbocycles. The number of nitrogens with one attached hydrogen (secondary N) is 2. The van der Waals surface area contributed by atoms with Gasteiger partial charge in [-0.1, -0.05) is 0 Å². The van der Waals surface area contributed by atoms with Gasteiger partial charge < -0.3 is 10.1 Å². The van der Waals surface area contributed by atoms with Crippen LogP contribution in [0.2, 0.25) is 0 Å². The first kappa shape index (κ1) is 19.4. The Bertz CT molecular complexity index is 1060. The lowest BCUT2D eigenvalue weighted by Crippen LogP contribution is -2.15. The van der Waals surface area contributed by atoms with Gasteiger partial charge in [0, 0.05) is 30.6 Å². The minimum Gasteiger partial charge on any atom is -0.494 e. The fourth-order valence-electron chi connectivity index (χ4n) is 2.46. The summed E-state index contributed by atoms with van der Waals surface area (Å²) in [6.45, 7) is 2.41. The second kappa shape index (κ2) is 8.13. The molecule has 28 heavy (non-hydrogen) atoms. The molecule has 0 radical (unpaired) electrons. The van der Waals surface area contributed by atoms with E-state index in [1.807, 2.05) is 6.92 Å². The number of anilines is 2. The van der Waals surface area contributed by atoms with Crippen molar-refractivity contribution in [1.82, 2.24) is 9.78 Å². The first-order valence-corrected chi connectivity index (χ1v) is 10.0. The van der Waals surface area contributed by atoms with Crippen LogP contribution in [0.3, 0.4) is 0 Å². The van der Waals surface area contributed by atoms with Gasteiger partial charge in [0.15, 0.2) is 5.82 Å². The lowest BCUT2D eigenvalue weighted by Gasteiger charge is -2.10. The van der Waals surface area contributed by atoms with Gasteiger partial charge in [0.05, 0.1) is 11.5 Å². The molecular formula is C19H20N4O4S. The number of aromatic nitrogens is 2. The van der Waals surface area contributed by atoms with E-state index >= 15 is 0 Å². The van der Waals surface area contributed by atoms with Crippen LogP contribution < -0.4 is 14.8 Å². The van der Waals surface area contributed by atoms with Crippen molar-refractivity contribution < 1.29 is 17.9 Å². The topological polar surface area (TPSA) is 102 Å². The molecule has 0 unspecified atom stereocenters.